The van der Waals surface area contributed by atoms with Crippen molar-refractivity contribution in [2.24, 2.45) is 0 Å². The molecule has 0 aliphatic rings. The van der Waals surface area contributed by atoms with Crippen molar-refractivity contribution in [2.45, 2.75) is 45.8 Å². The molecular formula is C17H28N2O3. The number of carbonyl (C=O) groups is 1. The number of urea groups is 1. The van der Waals surface area contributed by atoms with Gasteiger partial charge < -0.3 is 20.1 Å². The second-order valence-electron chi connectivity index (χ2n) is 5.92. The maximum atomic E-state index is 12.3. The minimum absolute atomic E-state index is 0.0381. The summed E-state index contributed by atoms with van der Waals surface area (Å²) in [7, 11) is 1.65. The molecule has 2 unspecified atom stereocenters. The number of ether oxygens (including phenoxy) is 1. The average Bonchev–Trinajstić information content (AvgIpc) is 2.49. The molecule has 1 aromatic carbocycles. The van der Waals surface area contributed by atoms with Gasteiger partial charge in [0.1, 0.15) is 5.75 Å². The van der Waals surface area contributed by atoms with Gasteiger partial charge in [0.2, 0.25) is 0 Å². The minimum atomic E-state index is -0.542. The largest absolute Gasteiger partial charge is 0.496 e. The third-order valence-corrected chi connectivity index (χ3v) is 3.57. The number of methoxy groups -OCH3 is 1. The van der Waals surface area contributed by atoms with E-state index in [-0.39, 0.29) is 18.0 Å². The van der Waals surface area contributed by atoms with E-state index in [9.17, 15) is 9.90 Å². The van der Waals surface area contributed by atoms with Crippen molar-refractivity contribution in [1.29, 1.82) is 0 Å². The molecule has 0 aliphatic carbocycles. The summed E-state index contributed by atoms with van der Waals surface area (Å²) in [6, 6.07) is 7.70. The topological polar surface area (TPSA) is 61.8 Å². The van der Waals surface area contributed by atoms with Crippen LogP contribution in [0, 0.1) is 0 Å². The van der Waals surface area contributed by atoms with Crippen LogP contribution in [0.25, 0.3) is 0 Å². The van der Waals surface area contributed by atoms with Crippen LogP contribution in [-0.4, -0.2) is 48.4 Å². The van der Waals surface area contributed by atoms with Gasteiger partial charge in [0.15, 0.2) is 0 Å². The maximum Gasteiger partial charge on any atom is 0.317 e. The Hall–Kier alpha value is -1.75. The summed E-state index contributed by atoms with van der Waals surface area (Å²) in [5.41, 5.74) is 1.07. The van der Waals surface area contributed by atoms with Crippen LogP contribution >= 0.6 is 0 Å². The van der Waals surface area contributed by atoms with Crippen LogP contribution in [0.3, 0.4) is 0 Å². The molecule has 5 nitrogen and oxygen atoms in total. The van der Waals surface area contributed by atoms with Crippen LogP contribution in [-0.2, 0) is 0 Å². The van der Waals surface area contributed by atoms with Gasteiger partial charge in [0.25, 0.3) is 0 Å². The molecule has 0 radical (unpaired) electrons. The van der Waals surface area contributed by atoms with E-state index in [4.69, 9.17) is 4.74 Å². The first-order valence-corrected chi connectivity index (χ1v) is 7.72. The molecule has 0 aromatic heterocycles. The molecule has 0 heterocycles. The van der Waals surface area contributed by atoms with Crippen LogP contribution in [0.5, 0.6) is 5.75 Å². The van der Waals surface area contributed by atoms with Gasteiger partial charge in [-0.15, -0.1) is 0 Å². The van der Waals surface area contributed by atoms with Gasteiger partial charge in [-0.05, 0) is 32.4 Å². The third-order valence-electron chi connectivity index (χ3n) is 3.57. The lowest BCUT2D eigenvalue weighted by Crippen LogP contribution is -2.47. The molecular weight excluding hydrogens is 280 g/mol. The molecule has 0 aliphatic heterocycles. The van der Waals surface area contributed by atoms with Gasteiger partial charge in [-0.3, -0.25) is 0 Å². The number of para-hydroxylation sites is 1. The van der Waals surface area contributed by atoms with Crippen molar-refractivity contribution in [2.75, 3.05) is 20.2 Å². The van der Waals surface area contributed by atoms with Crippen molar-refractivity contribution in [3.8, 4) is 5.75 Å². The lowest BCUT2D eigenvalue weighted by molar-refractivity contribution is 0.119. The number of nitrogens with zero attached hydrogens (tertiary/aromatic N) is 1. The Kier molecular flexibility index (Phi) is 7.18. The molecule has 0 bridgehead atoms. The van der Waals surface area contributed by atoms with Gasteiger partial charge in [-0.2, -0.15) is 0 Å². The van der Waals surface area contributed by atoms with E-state index in [1.165, 1.54) is 0 Å². The number of amides is 2. The van der Waals surface area contributed by atoms with E-state index in [0.29, 0.717) is 13.1 Å². The molecule has 0 saturated carbocycles. The predicted molar refractivity (Wildman–Crippen MR) is 88.3 cm³/mol. The van der Waals surface area contributed by atoms with Gasteiger partial charge in [-0.25, -0.2) is 4.79 Å². The zero-order chi connectivity index (χ0) is 16.7. The SMILES string of the molecule is COc1ccccc1C(C)CNC(=O)N(CC(C)O)C(C)C. The fourth-order valence-electron chi connectivity index (χ4n) is 2.34. The normalized spacial score (nSPS) is 13.6. The highest BCUT2D eigenvalue weighted by Crippen LogP contribution is 2.25. The predicted octanol–water partition coefficient (Wildman–Crippen LogP) is 2.60. The van der Waals surface area contributed by atoms with Gasteiger partial charge in [0.05, 0.1) is 13.2 Å². The summed E-state index contributed by atoms with van der Waals surface area (Å²) >= 11 is 0. The number of rotatable bonds is 7. The Balaban J connectivity index is 2.65. The highest BCUT2D eigenvalue weighted by Gasteiger charge is 2.19. The molecule has 1 rings (SSSR count). The van der Waals surface area contributed by atoms with E-state index in [2.05, 4.69) is 5.32 Å². The first kappa shape index (κ1) is 18.3. The summed E-state index contributed by atoms with van der Waals surface area (Å²) in [6.45, 7) is 8.44. The first-order valence-electron chi connectivity index (χ1n) is 7.72. The molecule has 5 heteroatoms. The summed E-state index contributed by atoms with van der Waals surface area (Å²) in [6.07, 6.45) is -0.542. The molecule has 2 N–H and O–H groups in total. The fraction of sp³-hybridized carbons (Fsp3) is 0.588. The monoisotopic (exact) mass is 308 g/mol. The van der Waals surface area contributed by atoms with Crippen molar-refractivity contribution in [3.63, 3.8) is 0 Å². The van der Waals surface area contributed by atoms with Crippen molar-refractivity contribution in [3.05, 3.63) is 29.8 Å². The number of hydrogen-bond acceptors (Lipinski definition) is 3. The quantitative estimate of drug-likeness (QED) is 0.814. The zero-order valence-electron chi connectivity index (χ0n) is 14.2. The van der Waals surface area contributed by atoms with E-state index in [1.54, 1.807) is 18.9 Å². The van der Waals surface area contributed by atoms with Crippen LogP contribution in [0.15, 0.2) is 24.3 Å². The second kappa shape index (κ2) is 8.63. The van der Waals surface area contributed by atoms with Gasteiger partial charge in [-0.1, -0.05) is 25.1 Å². The fourth-order valence-corrected chi connectivity index (χ4v) is 2.34. The Morgan fingerprint density at radius 3 is 2.45 bits per heavy atom. The molecule has 1 aromatic rings. The third kappa shape index (κ3) is 5.22. The Morgan fingerprint density at radius 1 is 1.27 bits per heavy atom. The Morgan fingerprint density at radius 2 is 1.91 bits per heavy atom. The average molecular weight is 308 g/mol. The van der Waals surface area contributed by atoms with Gasteiger partial charge in [0, 0.05) is 25.0 Å². The molecule has 2 amide bonds. The molecule has 22 heavy (non-hydrogen) atoms. The Bertz CT molecular complexity index is 475. The molecule has 124 valence electrons. The van der Waals surface area contributed by atoms with Crippen LogP contribution in [0.4, 0.5) is 4.79 Å². The summed E-state index contributed by atoms with van der Waals surface area (Å²) < 4.78 is 5.36. The van der Waals surface area contributed by atoms with Crippen LogP contribution in [0.2, 0.25) is 0 Å². The number of hydrogen-bond donors (Lipinski definition) is 2. The molecule has 0 fully saturated rings. The summed E-state index contributed by atoms with van der Waals surface area (Å²) in [5.74, 6) is 0.967. The first-order chi connectivity index (χ1) is 10.4. The molecule has 0 spiro atoms. The van der Waals surface area contributed by atoms with E-state index < -0.39 is 6.10 Å². The van der Waals surface area contributed by atoms with E-state index in [1.807, 2.05) is 45.0 Å². The second-order valence-corrected chi connectivity index (χ2v) is 5.92. The highest BCUT2D eigenvalue weighted by molar-refractivity contribution is 5.74. The lowest BCUT2D eigenvalue weighted by Gasteiger charge is -2.29. The smallest absolute Gasteiger partial charge is 0.317 e. The number of carbonyl (C=O) groups excluding carboxylic acids is 1. The molecule has 0 saturated heterocycles. The summed E-state index contributed by atoms with van der Waals surface area (Å²) in [5, 5.41) is 12.4. The zero-order valence-corrected chi connectivity index (χ0v) is 14.2. The Labute approximate surface area is 133 Å². The van der Waals surface area contributed by atoms with Crippen LogP contribution in [0.1, 0.15) is 39.2 Å². The molecule has 2 atom stereocenters. The minimum Gasteiger partial charge on any atom is -0.496 e. The van der Waals surface area contributed by atoms with Crippen molar-refractivity contribution >= 4 is 6.03 Å². The van der Waals surface area contributed by atoms with Crippen LogP contribution < -0.4 is 10.1 Å². The van der Waals surface area contributed by atoms with Crippen molar-refractivity contribution in [1.82, 2.24) is 10.2 Å². The van der Waals surface area contributed by atoms with E-state index in [0.717, 1.165) is 11.3 Å². The standard InChI is InChI=1S/C17H28N2O3/c1-12(2)19(11-14(4)20)17(21)18-10-13(3)15-8-6-7-9-16(15)22-5/h6-9,12-14,20H,10-11H2,1-5H3,(H,18,21). The maximum absolute atomic E-state index is 12.3. The van der Waals surface area contributed by atoms with Crippen molar-refractivity contribution < 1.29 is 14.6 Å². The lowest BCUT2D eigenvalue weighted by atomic mass is 10.0. The number of aliphatic hydroxyl groups excluding tert-OH is 1. The number of aliphatic hydroxyl groups is 1. The summed E-state index contributed by atoms with van der Waals surface area (Å²) in [4.78, 5) is 13.9. The van der Waals surface area contributed by atoms with E-state index >= 15 is 0 Å². The van der Waals surface area contributed by atoms with Gasteiger partial charge >= 0.3 is 6.03 Å². The number of nitrogens with one attached hydrogen (secondary N) is 1. The highest BCUT2D eigenvalue weighted by atomic mass is 16.5. The number of benzene rings is 1.